The average molecular weight is 490 g/mol. The van der Waals surface area contributed by atoms with E-state index >= 15 is 0 Å². The molecule has 0 aromatic carbocycles. The Balaban J connectivity index is -0.000000335. The van der Waals surface area contributed by atoms with E-state index in [0.29, 0.717) is 0 Å². The predicted octanol–water partition coefficient (Wildman–Crippen LogP) is 5.62. The first-order valence-corrected chi connectivity index (χ1v) is 20.7. The van der Waals surface area contributed by atoms with Crippen molar-refractivity contribution in [2.24, 2.45) is 0 Å². The van der Waals surface area contributed by atoms with Crippen LogP contribution in [0.2, 0.25) is 17.7 Å². The van der Waals surface area contributed by atoms with E-state index < -0.39 is 54.9 Å². The van der Waals surface area contributed by atoms with Gasteiger partial charge in [-0.15, -0.1) is 0 Å². The van der Waals surface area contributed by atoms with Gasteiger partial charge in [0.1, 0.15) is 6.42 Å². The molecule has 0 aliphatic rings. The van der Waals surface area contributed by atoms with E-state index in [2.05, 4.69) is 27.7 Å². The number of halogens is 2. The van der Waals surface area contributed by atoms with Gasteiger partial charge < -0.3 is 28.4 Å². The van der Waals surface area contributed by atoms with Crippen LogP contribution >= 0.6 is 18.1 Å². The molecule has 0 saturated carbocycles. The summed E-state index contributed by atoms with van der Waals surface area (Å²) in [4.78, 5) is 18.9. The molecule has 0 aromatic heterocycles. The van der Waals surface area contributed by atoms with Gasteiger partial charge in [0, 0.05) is 0 Å². The minimum atomic E-state index is -1.54. The quantitative estimate of drug-likeness (QED) is 0.308. The van der Waals surface area contributed by atoms with Crippen molar-refractivity contribution in [3.05, 3.63) is 0 Å². The first-order chi connectivity index (χ1) is 10.8. The molecule has 0 heterocycles. The number of carboxylic acids is 2. The largest absolute Gasteiger partial charge is 0.618 e. The third-order valence-corrected chi connectivity index (χ3v) is 20.6. The molecule has 0 rings (SSSR count). The van der Waals surface area contributed by atoms with Crippen LogP contribution in [0.1, 0.15) is 59.8 Å². The Morgan fingerprint density at radius 2 is 1.17 bits per heavy atom. The third kappa shape index (κ3) is 23.1. The Kier molecular flexibility index (Phi) is 26.5. The molecule has 0 atom stereocenters. The molecule has 0 aromatic rings. The van der Waals surface area contributed by atoms with Crippen molar-refractivity contribution < 1.29 is 19.8 Å². The number of aliphatic carboxylic acids is 2. The van der Waals surface area contributed by atoms with E-state index in [1.54, 1.807) is 17.7 Å². The third-order valence-electron chi connectivity index (χ3n) is 3.92. The van der Waals surface area contributed by atoms with Crippen LogP contribution in [0.15, 0.2) is 0 Å². The average Bonchev–Trinajstić information content (AvgIpc) is 2.48. The van der Waals surface area contributed by atoms with Crippen molar-refractivity contribution in [2.45, 2.75) is 77.5 Å². The van der Waals surface area contributed by atoms with Gasteiger partial charge in [-0.25, -0.2) is 0 Å². The molecule has 0 aliphatic carbocycles. The monoisotopic (exact) mass is 490 g/mol. The molecule has 0 fully saturated rings. The fraction of sp³-hybridized carbons (Fsp3) is 0.867. The summed E-state index contributed by atoms with van der Waals surface area (Å²) in [6, 6.07) is 0. The van der Waals surface area contributed by atoms with Crippen molar-refractivity contribution in [1.82, 2.24) is 0 Å². The molecule has 4 nitrogen and oxygen atoms in total. The molecule has 0 unspecified atom stereocenters. The number of hydrogen-bond donors (Lipinski definition) is 2. The van der Waals surface area contributed by atoms with E-state index in [4.69, 9.17) is 28.4 Å². The molecule has 0 amide bonds. The molecule has 23 heavy (non-hydrogen) atoms. The summed E-state index contributed by atoms with van der Waals surface area (Å²) in [5.74, 6) is -2.62. The zero-order chi connectivity index (χ0) is 18.7. The molecule has 0 radical (unpaired) electrons. The van der Waals surface area contributed by atoms with Crippen LogP contribution in [-0.2, 0) is 9.59 Å². The fourth-order valence-corrected chi connectivity index (χ4v) is 14.8. The summed E-state index contributed by atoms with van der Waals surface area (Å²) in [6.45, 7) is 9.60. The van der Waals surface area contributed by atoms with E-state index in [0.717, 1.165) is 0 Å². The summed E-state index contributed by atoms with van der Waals surface area (Å²) in [5.41, 5.74) is 0. The smallest absolute Gasteiger partial charge is 0.481 e. The number of carboxylic acid groups (broad SMARTS) is 2. The molecule has 8 heteroatoms. The van der Waals surface area contributed by atoms with Crippen molar-refractivity contribution in [3.63, 3.8) is 0 Å². The van der Waals surface area contributed by atoms with Gasteiger partial charge in [-0.1, -0.05) is 0 Å². The van der Waals surface area contributed by atoms with E-state index in [1.165, 1.54) is 25.7 Å². The van der Waals surface area contributed by atoms with Crippen LogP contribution < -0.4 is 0 Å². The Morgan fingerprint density at radius 3 is 1.30 bits per heavy atom. The van der Waals surface area contributed by atoms with E-state index in [9.17, 15) is 9.59 Å². The Morgan fingerprint density at radius 1 is 0.870 bits per heavy atom. The zero-order valence-electron chi connectivity index (χ0n) is 15.0. The second-order valence-electron chi connectivity index (χ2n) is 5.48. The molecule has 0 aliphatic heterocycles. The Hall–Kier alpha value is 1.08. The molecule has 0 bridgehead atoms. The van der Waals surface area contributed by atoms with Gasteiger partial charge in [-0.3, -0.25) is 9.59 Å². The van der Waals surface area contributed by atoms with Crippen LogP contribution in [0, 0.1) is 0 Å². The minimum absolute atomic E-state index is 0.639. The van der Waals surface area contributed by atoms with Crippen molar-refractivity contribution in [1.29, 1.82) is 0 Å². The predicted molar refractivity (Wildman–Crippen MR) is 103 cm³/mol. The second kappa shape index (κ2) is 21.1. The Labute approximate surface area is 162 Å². The van der Waals surface area contributed by atoms with Crippen LogP contribution in [-0.4, -0.2) is 58.7 Å². The molecule has 136 valence electrons. The topological polar surface area (TPSA) is 74.6 Å². The van der Waals surface area contributed by atoms with E-state index in [1.807, 2.05) is 0 Å². The number of carbonyl (C=O) groups is 2. The molecule has 0 saturated heterocycles. The van der Waals surface area contributed by atoms with Gasteiger partial charge in [0.25, 0.3) is 0 Å². The second-order valence-corrected chi connectivity index (χ2v) is 23.6. The molecule has 0 spiro atoms. The fourth-order valence-electron chi connectivity index (χ4n) is 2.32. The number of unbranched alkanes of at least 4 members (excludes halogenated alkanes) is 2. The van der Waals surface area contributed by atoms with Crippen LogP contribution in [0.3, 0.4) is 0 Å². The standard InChI is InChI=1S/2C4H9.C3H4O4.2C2H5.2ClH.Mg.Sn/c2*1-3-4-2;4-2(5)1-3(6)7;2*1-2;;;;/h2*1,3-4H2,2H3;1H2,(H,4,5)(H,6,7);2*1H2,2H3;2*1H;;/q;;;;;;;+2;/p-2. The van der Waals surface area contributed by atoms with Gasteiger partial charge in [0.15, 0.2) is 0 Å². The van der Waals surface area contributed by atoms with Crippen molar-refractivity contribution >= 4 is 66.6 Å². The number of rotatable bonds is 10. The van der Waals surface area contributed by atoms with Gasteiger partial charge in [-0.2, -0.15) is 0 Å². The summed E-state index contributed by atoms with van der Waals surface area (Å²) >= 11 is -2.18. The maximum Gasteiger partial charge on any atom is 0.618 e. The maximum absolute atomic E-state index is 9.43. The summed E-state index contributed by atoms with van der Waals surface area (Å²) in [5, 5.41) is 15.4. The molecular formula is C15H32Cl2MgO4Sn. The Bertz CT molecular complexity index is 269. The summed E-state index contributed by atoms with van der Waals surface area (Å²) < 4.78 is 6.51. The van der Waals surface area contributed by atoms with Gasteiger partial charge in [0.05, 0.1) is 0 Å². The molecule has 2 N–H and O–H groups in total. The van der Waals surface area contributed by atoms with Crippen LogP contribution in [0.4, 0.5) is 0 Å². The van der Waals surface area contributed by atoms with Crippen molar-refractivity contribution in [2.75, 3.05) is 0 Å². The first-order valence-electron chi connectivity index (χ1n) is 8.34. The maximum atomic E-state index is 9.43. The first kappa shape index (κ1) is 28.9. The van der Waals surface area contributed by atoms with Gasteiger partial charge in [-0.05, 0) is 0 Å². The number of hydrogen-bond acceptors (Lipinski definition) is 2. The van der Waals surface area contributed by atoms with Crippen molar-refractivity contribution in [3.8, 4) is 0 Å². The summed E-state index contributed by atoms with van der Waals surface area (Å²) in [7, 11) is 9.81. The normalized spacial score (nSPS) is 9.65. The molecular weight excluding hydrogens is 458 g/mol. The summed E-state index contributed by atoms with van der Waals surface area (Å²) in [6.07, 6.45) is 5.04. The van der Waals surface area contributed by atoms with E-state index in [-0.39, 0.29) is 0 Å². The zero-order valence-corrected chi connectivity index (χ0v) is 20.8. The van der Waals surface area contributed by atoms with Gasteiger partial charge >= 0.3 is 120 Å². The van der Waals surface area contributed by atoms with Gasteiger partial charge in [0.2, 0.25) is 0 Å². The van der Waals surface area contributed by atoms with Crippen LogP contribution in [0.5, 0.6) is 0 Å². The SMILES string of the molecule is CCC[CH2][Sn]([CH2]C)([CH2]C)[CH2]CCC.O=C(O)CC(=O)O.[Cl][Mg][Cl]. The minimum Gasteiger partial charge on any atom is -0.481 e. The van der Waals surface area contributed by atoms with Crippen LogP contribution in [0.25, 0.3) is 0 Å².